The number of anilines is 2. The molecule has 1 aromatic rings. The van der Waals surface area contributed by atoms with Gasteiger partial charge in [-0.15, -0.1) is 0 Å². The van der Waals surface area contributed by atoms with Crippen LogP contribution in [0.1, 0.15) is 18.4 Å². The minimum Gasteiger partial charge on any atom is -0.398 e. The number of rotatable bonds is 3. The second-order valence-corrected chi connectivity index (χ2v) is 10.1. The summed E-state index contributed by atoms with van der Waals surface area (Å²) >= 11 is 0. The second kappa shape index (κ2) is 7.31. The van der Waals surface area contributed by atoms with Crippen LogP contribution in [0.4, 0.5) is 11.4 Å². The van der Waals surface area contributed by atoms with Crippen LogP contribution < -0.4 is 10.6 Å². The fourth-order valence-corrected chi connectivity index (χ4v) is 6.32. The quantitative estimate of drug-likeness (QED) is 0.747. The Labute approximate surface area is 161 Å². The molecule has 3 aliphatic rings. The lowest BCUT2D eigenvalue weighted by Crippen LogP contribution is -2.54. The molecule has 0 radical (unpaired) electrons. The summed E-state index contributed by atoms with van der Waals surface area (Å²) in [5.74, 6) is 0.713. The lowest BCUT2D eigenvalue weighted by Gasteiger charge is -2.39. The number of carbonyl (C=O) groups is 1. The SMILES string of the molecule is Nc1cccc2c1CCCN2CC(=O)N1CCN(C2CCS(=O)(=O)C2)CC1. The topological polar surface area (TPSA) is 86.9 Å². The number of nitrogens with zero attached hydrogens (tertiary/aromatic N) is 3. The number of hydrogen-bond donors (Lipinski definition) is 1. The van der Waals surface area contributed by atoms with Gasteiger partial charge in [-0.3, -0.25) is 9.69 Å². The van der Waals surface area contributed by atoms with Crippen LogP contribution in [0, 0.1) is 0 Å². The molecule has 1 atom stereocenters. The third-order valence-corrected chi connectivity index (χ3v) is 7.85. The monoisotopic (exact) mass is 392 g/mol. The van der Waals surface area contributed by atoms with Gasteiger partial charge in [0.05, 0.1) is 18.1 Å². The van der Waals surface area contributed by atoms with Crippen LogP contribution in [0.5, 0.6) is 0 Å². The Balaban J connectivity index is 1.34. The van der Waals surface area contributed by atoms with Crippen LogP contribution in [0.15, 0.2) is 18.2 Å². The Bertz CT molecular complexity index is 818. The Morgan fingerprint density at radius 1 is 1.15 bits per heavy atom. The number of fused-ring (bicyclic) bond motifs is 1. The fraction of sp³-hybridized carbons (Fsp3) is 0.632. The van der Waals surface area contributed by atoms with Crippen LogP contribution in [-0.2, 0) is 21.1 Å². The van der Waals surface area contributed by atoms with E-state index < -0.39 is 9.84 Å². The molecule has 7 nitrogen and oxygen atoms in total. The standard InChI is InChI=1S/C19H28N4O3S/c20-17-4-1-5-18-16(17)3-2-7-23(18)13-19(24)22-10-8-21(9-11-22)15-6-12-27(25,26)14-15/h1,4-5,15H,2-3,6-14,20H2. The molecule has 3 heterocycles. The number of hydrogen-bond acceptors (Lipinski definition) is 6. The van der Waals surface area contributed by atoms with E-state index in [2.05, 4.69) is 15.9 Å². The summed E-state index contributed by atoms with van der Waals surface area (Å²) in [6.45, 7) is 4.13. The van der Waals surface area contributed by atoms with Gasteiger partial charge in [0.15, 0.2) is 9.84 Å². The largest absolute Gasteiger partial charge is 0.398 e. The summed E-state index contributed by atoms with van der Waals surface area (Å²) in [7, 11) is -2.86. The van der Waals surface area contributed by atoms with Crippen LogP contribution in [-0.4, -0.2) is 80.9 Å². The third-order valence-electron chi connectivity index (χ3n) is 6.10. The number of piperazine rings is 1. The van der Waals surface area contributed by atoms with Gasteiger partial charge in [-0.05, 0) is 37.0 Å². The molecule has 0 bridgehead atoms. The highest BCUT2D eigenvalue weighted by Crippen LogP contribution is 2.31. The fourth-order valence-electron chi connectivity index (χ4n) is 4.56. The first-order valence-electron chi connectivity index (χ1n) is 9.77. The first-order valence-corrected chi connectivity index (χ1v) is 11.6. The average molecular weight is 393 g/mol. The Morgan fingerprint density at radius 2 is 1.93 bits per heavy atom. The number of benzene rings is 1. The van der Waals surface area contributed by atoms with Crippen LogP contribution in [0.3, 0.4) is 0 Å². The van der Waals surface area contributed by atoms with Gasteiger partial charge in [0, 0.05) is 50.1 Å². The van der Waals surface area contributed by atoms with E-state index in [1.54, 1.807) is 0 Å². The normalized spacial score (nSPS) is 25.4. The highest BCUT2D eigenvalue weighted by atomic mass is 32.2. The number of sulfone groups is 1. The van der Waals surface area contributed by atoms with Crippen LogP contribution in [0.2, 0.25) is 0 Å². The minimum absolute atomic E-state index is 0.129. The van der Waals surface area contributed by atoms with Crippen molar-refractivity contribution in [2.24, 2.45) is 0 Å². The molecule has 1 aromatic carbocycles. The molecule has 1 amide bonds. The van der Waals surface area contributed by atoms with Gasteiger partial charge in [0.2, 0.25) is 5.91 Å². The van der Waals surface area contributed by atoms with Crippen molar-refractivity contribution in [3.8, 4) is 0 Å². The van der Waals surface area contributed by atoms with Crippen molar-refractivity contribution in [1.82, 2.24) is 9.80 Å². The molecule has 0 aromatic heterocycles. The average Bonchev–Trinajstić information content (AvgIpc) is 3.02. The molecule has 1 unspecified atom stereocenters. The maximum absolute atomic E-state index is 12.8. The van der Waals surface area contributed by atoms with E-state index in [-0.39, 0.29) is 17.7 Å². The molecule has 3 aliphatic heterocycles. The van der Waals surface area contributed by atoms with Crippen LogP contribution >= 0.6 is 0 Å². The molecule has 4 rings (SSSR count). The van der Waals surface area contributed by atoms with Crippen molar-refractivity contribution >= 4 is 27.1 Å². The van der Waals surface area contributed by atoms with Crippen molar-refractivity contribution in [3.05, 3.63) is 23.8 Å². The van der Waals surface area contributed by atoms with E-state index in [1.165, 1.54) is 0 Å². The highest BCUT2D eigenvalue weighted by Gasteiger charge is 2.34. The molecule has 2 saturated heterocycles. The number of nitrogen functional groups attached to an aromatic ring is 1. The predicted octanol–water partition coefficient (Wildman–Crippen LogP) is 0.353. The predicted molar refractivity (Wildman–Crippen MR) is 107 cm³/mol. The van der Waals surface area contributed by atoms with E-state index in [9.17, 15) is 13.2 Å². The van der Waals surface area contributed by atoms with Gasteiger partial charge in [-0.25, -0.2) is 8.42 Å². The number of carbonyl (C=O) groups excluding carboxylic acids is 1. The molecule has 2 fully saturated rings. The summed E-state index contributed by atoms with van der Waals surface area (Å²) < 4.78 is 23.4. The van der Waals surface area contributed by atoms with Crippen molar-refractivity contribution in [1.29, 1.82) is 0 Å². The molecule has 0 spiro atoms. The minimum atomic E-state index is -2.86. The van der Waals surface area contributed by atoms with E-state index >= 15 is 0 Å². The second-order valence-electron chi connectivity index (χ2n) is 7.84. The van der Waals surface area contributed by atoms with Gasteiger partial charge in [-0.1, -0.05) is 6.07 Å². The molecule has 0 aliphatic carbocycles. The summed E-state index contributed by atoms with van der Waals surface area (Å²) in [5.41, 5.74) is 9.15. The van der Waals surface area contributed by atoms with Crippen molar-refractivity contribution < 1.29 is 13.2 Å². The lowest BCUT2D eigenvalue weighted by atomic mass is 10.00. The van der Waals surface area contributed by atoms with E-state index in [0.29, 0.717) is 25.4 Å². The molecular formula is C19H28N4O3S. The molecule has 0 saturated carbocycles. The van der Waals surface area contributed by atoms with Gasteiger partial charge in [-0.2, -0.15) is 0 Å². The highest BCUT2D eigenvalue weighted by molar-refractivity contribution is 7.91. The van der Waals surface area contributed by atoms with Crippen molar-refractivity contribution in [2.75, 3.05) is 61.4 Å². The zero-order valence-corrected chi connectivity index (χ0v) is 16.5. The van der Waals surface area contributed by atoms with Gasteiger partial charge in [0.25, 0.3) is 0 Å². The molecule has 148 valence electrons. The number of nitrogens with two attached hydrogens (primary N) is 1. The zero-order chi connectivity index (χ0) is 19.0. The van der Waals surface area contributed by atoms with Crippen molar-refractivity contribution in [3.63, 3.8) is 0 Å². The summed E-state index contributed by atoms with van der Waals surface area (Å²) in [6, 6.07) is 6.05. The van der Waals surface area contributed by atoms with E-state index in [0.717, 1.165) is 55.8 Å². The van der Waals surface area contributed by atoms with E-state index in [4.69, 9.17) is 5.73 Å². The lowest BCUT2D eigenvalue weighted by molar-refractivity contribution is -0.131. The van der Waals surface area contributed by atoms with Crippen LogP contribution in [0.25, 0.3) is 0 Å². The van der Waals surface area contributed by atoms with Gasteiger partial charge < -0.3 is 15.5 Å². The maximum atomic E-state index is 12.8. The molecule has 27 heavy (non-hydrogen) atoms. The van der Waals surface area contributed by atoms with Gasteiger partial charge >= 0.3 is 0 Å². The Kier molecular flexibility index (Phi) is 5.03. The van der Waals surface area contributed by atoms with Crippen molar-refractivity contribution in [2.45, 2.75) is 25.3 Å². The Morgan fingerprint density at radius 3 is 2.63 bits per heavy atom. The summed E-state index contributed by atoms with van der Waals surface area (Å²) in [6.07, 6.45) is 2.70. The zero-order valence-electron chi connectivity index (χ0n) is 15.6. The molecule has 2 N–H and O–H groups in total. The first kappa shape index (κ1) is 18.6. The third kappa shape index (κ3) is 3.91. The summed E-state index contributed by atoms with van der Waals surface area (Å²) in [5, 5.41) is 0. The van der Waals surface area contributed by atoms with Gasteiger partial charge in [0.1, 0.15) is 0 Å². The maximum Gasteiger partial charge on any atom is 0.242 e. The molecular weight excluding hydrogens is 364 g/mol. The molecule has 8 heteroatoms. The smallest absolute Gasteiger partial charge is 0.242 e. The summed E-state index contributed by atoms with van der Waals surface area (Å²) in [4.78, 5) is 19.1. The van der Waals surface area contributed by atoms with E-state index in [1.807, 2.05) is 17.0 Å². The first-order chi connectivity index (χ1) is 12.9. The number of amides is 1. The Hall–Kier alpha value is -1.80.